The molecular weight excluding hydrogens is 250 g/mol. The van der Waals surface area contributed by atoms with Crippen molar-refractivity contribution in [3.05, 3.63) is 30.5 Å². The molecule has 2 heterocycles. The van der Waals surface area contributed by atoms with E-state index in [1.807, 2.05) is 6.20 Å². The number of benzene rings is 1. The molecule has 0 aliphatic carbocycles. The largest absolute Gasteiger partial charge is 0.385 e. The summed E-state index contributed by atoms with van der Waals surface area (Å²) in [6.45, 7) is 3.85. The van der Waals surface area contributed by atoms with E-state index in [9.17, 15) is 0 Å². The Bertz CT molecular complexity index is 587. The molecule has 0 spiro atoms. The molecule has 4 N–H and O–H groups in total. The van der Waals surface area contributed by atoms with Crippen molar-refractivity contribution in [1.29, 1.82) is 0 Å². The molecule has 3 rings (SSSR count). The molecule has 0 fully saturated rings. The minimum absolute atomic E-state index is 0.935. The molecule has 5 nitrogen and oxygen atoms in total. The molecule has 106 valence electrons. The normalized spacial score (nSPS) is 14.7. The van der Waals surface area contributed by atoms with Crippen molar-refractivity contribution < 1.29 is 0 Å². The van der Waals surface area contributed by atoms with Gasteiger partial charge in [-0.1, -0.05) is 0 Å². The number of anilines is 1. The topological polar surface area (TPSA) is 64.2 Å². The van der Waals surface area contributed by atoms with Crippen LogP contribution in [-0.2, 0) is 0 Å². The second kappa shape index (κ2) is 6.32. The second-order valence-corrected chi connectivity index (χ2v) is 5.00. The van der Waals surface area contributed by atoms with Crippen LogP contribution in [0.25, 0.3) is 10.9 Å². The van der Waals surface area contributed by atoms with Gasteiger partial charge in [0.1, 0.15) is 0 Å². The molecule has 0 amide bonds. The molecule has 0 bridgehead atoms. The van der Waals surface area contributed by atoms with Crippen molar-refractivity contribution in [1.82, 2.24) is 15.6 Å². The lowest BCUT2D eigenvalue weighted by Crippen LogP contribution is -2.41. The number of guanidine groups is 1. The monoisotopic (exact) mass is 271 g/mol. The number of aromatic amines is 1. The highest BCUT2D eigenvalue weighted by Crippen LogP contribution is 2.17. The van der Waals surface area contributed by atoms with Gasteiger partial charge in [-0.05, 0) is 37.1 Å². The Kier molecular flexibility index (Phi) is 4.06. The Hall–Kier alpha value is -2.17. The number of H-pyrrole nitrogens is 1. The summed E-state index contributed by atoms with van der Waals surface area (Å²) in [5, 5.41) is 11.3. The highest BCUT2D eigenvalue weighted by molar-refractivity contribution is 5.83. The van der Waals surface area contributed by atoms with Gasteiger partial charge in [0.2, 0.25) is 0 Å². The standard InChI is InChI=1S/C15H21N5/c1(7-18-15-19-8-2-9-20-15)6-16-13-3-4-14-12(11-13)5-10-17-14/h3-5,10-11,16-17H,1-2,6-9H2,(H2,18,19,20). The summed E-state index contributed by atoms with van der Waals surface area (Å²) < 4.78 is 0. The maximum absolute atomic E-state index is 4.38. The number of hydrogen-bond donors (Lipinski definition) is 4. The first kappa shape index (κ1) is 12.8. The quantitative estimate of drug-likeness (QED) is 0.628. The number of aliphatic imine (C=N–C) groups is 1. The maximum Gasteiger partial charge on any atom is 0.191 e. The van der Waals surface area contributed by atoms with E-state index in [0.717, 1.165) is 45.0 Å². The van der Waals surface area contributed by atoms with E-state index in [1.54, 1.807) is 0 Å². The first-order chi connectivity index (χ1) is 9.92. The van der Waals surface area contributed by atoms with Crippen LogP contribution < -0.4 is 16.0 Å². The lowest BCUT2D eigenvalue weighted by Gasteiger charge is -2.16. The average Bonchev–Trinajstić information content (AvgIpc) is 2.95. The predicted molar refractivity (Wildman–Crippen MR) is 84.3 cm³/mol. The van der Waals surface area contributed by atoms with Crippen LogP contribution in [0.5, 0.6) is 0 Å². The fourth-order valence-electron chi connectivity index (χ4n) is 2.34. The third kappa shape index (κ3) is 3.23. The Labute approximate surface area is 118 Å². The van der Waals surface area contributed by atoms with E-state index in [-0.39, 0.29) is 0 Å². The van der Waals surface area contributed by atoms with Gasteiger partial charge in [0.05, 0.1) is 0 Å². The van der Waals surface area contributed by atoms with Gasteiger partial charge in [-0.15, -0.1) is 0 Å². The third-order valence-corrected chi connectivity index (χ3v) is 3.43. The zero-order valence-corrected chi connectivity index (χ0v) is 11.6. The summed E-state index contributed by atoms with van der Waals surface area (Å²) >= 11 is 0. The average molecular weight is 271 g/mol. The van der Waals surface area contributed by atoms with Crippen molar-refractivity contribution in [2.45, 2.75) is 12.8 Å². The third-order valence-electron chi connectivity index (χ3n) is 3.43. The van der Waals surface area contributed by atoms with Gasteiger partial charge >= 0.3 is 0 Å². The van der Waals surface area contributed by atoms with Gasteiger partial charge in [0, 0.05) is 49.0 Å². The van der Waals surface area contributed by atoms with Crippen LogP contribution in [-0.4, -0.2) is 37.1 Å². The molecule has 5 heteroatoms. The molecule has 1 aliphatic heterocycles. The van der Waals surface area contributed by atoms with Crippen LogP contribution in [0.3, 0.4) is 0 Å². The number of nitrogens with one attached hydrogen (secondary N) is 4. The lowest BCUT2D eigenvalue weighted by atomic mass is 10.2. The number of rotatable bonds is 5. The molecule has 1 aromatic carbocycles. The fraction of sp³-hybridized carbons (Fsp3) is 0.400. The van der Waals surface area contributed by atoms with E-state index in [2.05, 4.69) is 50.2 Å². The summed E-state index contributed by atoms with van der Waals surface area (Å²) in [5.74, 6) is 0.949. The van der Waals surface area contributed by atoms with Crippen molar-refractivity contribution in [3.63, 3.8) is 0 Å². The van der Waals surface area contributed by atoms with Crippen molar-refractivity contribution in [3.8, 4) is 0 Å². The molecule has 0 atom stereocenters. The molecule has 1 aromatic heterocycles. The van der Waals surface area contributed by atoms with Crippen LogP contribution in [0.4, 0.5) is 5.69 Å². The zero-order valence-electron chi connectivity index (χ0n) is 11.6. The summed E-state index contributed by atoms with van der Waals surface area (Å²) in [7, 11) is 0. The van der Waals surface area contributed by atoms with E-state index < -0.39 is 0 Å². The van der Waals surface area contributed by atoms with Crippen LogP contribution in [0.2, 0.25) is 0 Å². The smallest absolute Gasteiger partial charge is 0.191 e. The van der Waals surface area contributed by atoms with Crippen LogP contribution >= 0.6 is 0 Å². The Morgan fingerprint density at radius 2 is 2.10 bits per heavy atom. The summed E-state index contributed by atoms with van der Waals surface area (Å²) in [6, 6.07) is 8.48. The molecule has 0 saturated heterocycles. The molecule has 1 aliphatic rings. The Morgan fingerprint density at radius 1 is 1.15 bits per heavy atom. The van der Waals surface area contributed by atoms with Gasteiger partial charge in [0.25, 0.3) is 0 Å². The fourth-order valence-corrected chi connectivity index (χ4v) is 2.34. The van der Waals surface area contributed by atoms with E-state index >= 15 is 0 Å². The number of nitrogens with zero attached hydrogens (tertiary/aromatic N) is 1. The SMILES string of the molecule is c1cc2cc(NCCCNC3=NCCCN3)ccc2[nH]1. The number of aromatic nitrogens is 1. The zero-order chi connectivity index (χ0) is 13.6. The van der Waals surface area contributed by atoms with Crippen molar-refractivity contribution in [2.24, 2.45) is 4.99 Å². The van der Waals surface area contributed by atoms with Gasteiger partial charge in [0.15, 0.2) is 5.96 Å². The molecule has 2 aromatic rings. The highest BCUT2D eigenvalue weighted by Gasteiger charge is 2.02. The summed E-state index contributed by atoms with van der Waals surface area (Å²) in [4.78, 5) is 7.59. The second-order valence-electron chi connectivity index (χ2n) is 5.00. The maximum atomic E-state index is 4.38. The summed E-state index contributed by atoms with van der Waals surface area (Å²) in [5.41, 5.74) is 2.35. The Morgan fingerprint density at radius 3 is 3.00 bits per heavy atom. The minimum atomic E-state index is 0.935. The van der Waals surface area contributed by atoms with E-state index in [0.29, 0.717) is 0 Å². The van der Waals surface area contributed by atoms with Crippen LogP contribution in [0.15, 0.2) is 35.5 Å². The molecule has 20 heavy (non-hydrogen) atoms. The van der Waals surface area contributed by atoms with Gasteiger partial charge in [-0.25, -0.2) is 0 Å². The van der Waals surface area contributed by atoms with Crippen molar-refractivity contribution >= 4 is 22.5 Å². The van der Waals surface area contributed by atoms with E-state index in [4.69, 9.17) is 0 Å². The van der Waals surface area contributed by atoms with E-state index in [1.165, 1.54) is 16.6 Å². The predicted octanol–water partition coefficient (Wildman–Crippen LogP) is 1.91. The molecule has 0 unspecified atom stereocenters. The number of hydrogen-bond acceptors (Lipinski definition) is 4. The van der Waals surface area contributed by atoms with Crippen LogP contribution in [0.1, 0.15) is 12.8 Å². The minimum Gasteiger partial charge on any atom is -0.385 e. The Balaban J connectivity index is 1.39. The van der Waals surface area contributed by atoms with Gasteiger partial charge in [-0.3, -0.25) is 4.99 Å². The summed E-state index contributed by atoms with van der Waals surface area (Å²) in [6.07, 6.45) is 4.16. The van der Waals surface area contributed by atoms with Gasteiger partial charge in [-0.2, -0.15) is 0 Å². The number of fused-ring (bicyclic) bond motifs is 1. The highest BCUT2D eigenvalue weighted by atomic mass is 15.2. The van der Waals surface area contributed by atoms with Crippen molar-refractivity contribution in [2.75, 3.05) is 31.5 Å². The molecule has 0 saturated carbocycles. The lowest BCUT2D eigenvalue weighted by molar-refractivity contribution is 0.692. The first-order valence-corrected chi connectivity index (χ1v) is 7.25. The van der Waals surface area contributed by atoms with Gasteiger partial charge < -0.3 is 20.9 Å². The first-order valence-electron chi connectivity index (χ1n) is 7.25. The van der Waals surface area contributed by atoms with Crippen LogP contribution in [0, 0.1) is 0 Å². The molecular formula is C15H21N5. The molecule has 0 radical (unpaired) electrons.